The lowest BCUT2D eigenvalue weighted by Crippen LogP contribution is -3.14. The van der Waals surface area contributed by atoms with Crippen molar-refractivity contribution in [2.45, 2.75) is 46.0 Å². The van der Waals surface area contributed by atoms with Gasteiger partial charge in [-0.1, -0.05) is 32.9 Å². The van der Waals surface area contributed by atoms with E-state index in [4.69, 9.17) is 4.74 Å². The van der Waals surface area contributed by atoms with E-state index in [9.17, 15) is 9.59 Å². The van der Waals surface area contributed by atoms with Crippen molar-refractivity contribution in [2.24, 2.45) is 5.92 Å². The van der Waals surface area contributed by atoms with Crippen LogP contribution >= 0.6 is 0 Å². The minimum absolute atomic E-state index is 0.00305. The number of benzene rings is 1. The molecule has 0 saturated carbocycles. The molecule has 1 aromatic carbocycles. The van der Waals surface area contributed by atoms with Crippen molar-refractivity contribution < 1.29 is 19.2 Å². The van der Waals surface area contributed by atoms with E-state index in [0.717, 1.165) is 31.6 Å². The number of anilines is 1. The highest BCUT2D eigenvalue weighted by Crippen LogP contribution is 2.23. The fourth-order valence-electron chi connectivity index (χ4n) is 3.18. The maximum absolute atomic E-state index is 12.3. The Morgan fingerprint density at radius 1 is 1.16 bits per heavy atom. The molecule has 2 N–H and O–H groups in total. The van der Waals surface area contributed by atoms with Crippen molar-refractivity contribution in [1.29, 1.82) is 0 Å². The molecule has 1 amide bonds. The van der Waals surface area contributed by atoms with Crippen LogP contribution in [0, 0.1) is 5.92 Å². The Morgan fingerprint density at radius 3 is 2.28 bits per heavy atom. The van der Waals surface area contributed by atoms with E-state index in [-0.39, 0.29) is 23.2 Å². The minimum atomic E-state index is -0.0926. The Bertz CT molecular complexity index is 582. The molecule has 1 heterocycles. The SMILES string of the molecule is CCOC(=O)C1CC[NH+](CC(=O)Nc2ccc(C(C)(C)C)cc2)CC1. The van der Waals surface area contributed by atoms with Gasteiger partial charge in [-0.05, 0) is 30.0 Å². The molecule has 0 spiro atoms. The van der Waals surface area contributed by atoms with Crippen LogP contribution in [0.4, 0.5) is 5.69 Å². The molecular weight excluding hydrogens is 316 g/mol. The lowest BCUT2D eigenvalue weighted by molar-refractivity contribution is -0.897. The zero-order chi connectivity index (χ0) is 18.4. The predicted octanol–water partition coefficient (Wildman–Crippen LogP) is 1.78. The van der Waals surface area contributed by atoms with Gasteiger partial charge in [0.15, 0.2) is 6.54 Å². The second-order valence-electron chi connectivity index (χ2n) is 7.83. The molecule has 1 fully saturated rings. The molecular formula is C20H31N2O3+. The van der Waals surface area contributed by atoms with Crippen molar-refractivity contribution in [3.05, 3.63) is 29.8 Å². The maximum atomic E-state index is 12.3. The summed E-state index contributed by atoms with van der Waals surface area (Å²) < 4.78 is 5.08. The number of hydrogen-bond donors (Lipinski definition) is 2. The van der Waals surface area contributed by atoms with Gasteiger partial charge in [0.25, 0.3) is 5.91 Å². The van der Waals surface area contributed by atoms with Crippen LogP contribution in [0.25, 0.3) is 0 Å². The average Bonchev–Trinajstić information content (AvgIpc) is 2.55. The largest absolute Gasteiger partial charge is 0.466 e. The Labute approximate surface area is 150 Å². The number of esters is 1. The van der Waals surface area contributed by atoms with Crippen molar-refractivity contribution >= 4 is 17.6 Å². The fraction of sp³-hybridized carbons (Fsp3) is 0.600. The standard InChI is InChI=1S/C20H30N2O3/c1-5-25-19(24)15-10-12-22(13-11-15)14-18(23)21-17-8-6-16(7-9-17)20(2,3)4/h6-9,15H,5,10-14H2,1-4H3,(H,21,23)/p+1. The first-order chi connectivity index (χ1) is 11.8. The highest BCUT2D eigenvalue weighted by Gasteiger charge is 2.29. The number of nitrogens with one attached hydrogen (secondary N) is 2. The molecule has 138 valence electrons. The molecule has 0 unspecified atom stereocenters. The summed E-state index contributed by atoms with van der Waals surface area (Å²) >= 11 is 0. The molecule has 2 rings (SSSR count). The van der Waals surface area contributed by atoms with Crippen LogP contribution in [-0.4, -0.2) is 38.1 Å². The Balaban J connectivity index is 1.78. The summed E-state index contributed by atoms with van der Waals surface area (Å²) in [6.45, 7) is 10.9. The topological polar surface area (TPSA) is 59.8 Å². The number of amides is 1. The monoisotopic (exact) mass is 347 g/mol. The normalized spacial score (nSPS) is 20.8. The third-order valence-corrected chi connectivity index (χ3v) is 4.76. The van der Waals surface area contributed by atoms with Gasteiger partial charge in [-0.15, -0.1) is 0 Å². The van der Waals surface area contributed by atoms with E-state index >= 15 is 0 Å². The summed E-state index contributed by atoms with van der Waals surface area (Å²) in [7, 11) is 0. The zero-order valence-electron chi connectivity index (χ0n) is 15.9. The molecule has 1 saturated heterocycles. The van der Waals surface area contributed by atoms with Crippen molar-refractivity contribution in [1.82, 2.24) is 0 Å². The van der Waals surface area contributed by atoms with E-state index in [2.05, 4.69) is 38.2 Å². The molecule has 0 aromatic heterocycles. The van der Waals surface area contributed by atoms with Crippen LogP contribution in [0.3, 0.4) is 0 Å². The number of quaternary nitrogens is 1. The van der Waals surface area contributed by atoms with Crippen LogP contribution in [0.15, 0.2) is 24.3 Å². The number of carbonyl (C=O) groups is 2. The lowest BCUT2D eigenvalue weighted by atomic mass is 9.87. The van der Waals surface area contributed by atoms with Gasteiger partial charge in [0.05, 0.1) is 25.6 Å². The third-order valence-electron chi connectivity index (χ3n) is 4.76. The first-order valence-electron chi connectivity index (χ1n) is 9.20. The van der Waals surface area contributed by atoms with Crippen LogP contribution < -0.4 is 10.2 Å². The van der Waals surface area contributed by atoms with Crippen molar-refractivity contribution in [3.63, 3.8) is 0 Å². The van der Waals surface area contributed by atoms with Gasteiger partial charge in [0.1, 0.15) is 0 Å². The fourth-order valence-corrected chi connectivity index (χ4v) is 3.18. The van der Waals surface area contributed by atoms with Gasteiger partial charge >= 0.3 is 5.97 Å². The first kappa shape index (κ1) is 19.4. The molecule has 0 bridgehead atoms. The van der Waals surface area contributed by atoms with Gasteiger partial charge in [0, 0.05) is 18.5 Å². The first-order valence-corrected chi connectivity index (χ1v) is 9.20. The molecule has 1 aliphatic rings. The lowest BCUT2D eigenvalue weighted by Gasteiger charge is -2.27. The summed E-state index contributed by atoms with van der Waals surface area (Å²) in [5.74, 6) is -0.0743. The Morgan fingerprint density at radius 2 is 1.76 bits per heavy atom. The smallest absolute Gasteiger partial charge is 0.309 e. The van der Waals surface area contributed by atoms with Gasteiger partial charge in [-0.25, -0.2) is 0 Å². The highest BCUT2D eigenvalue weighted by molar-refractivity contribution is 5.91. The molecule has 0 radical (unpaired) electrons. The minimum Gasteiger partial charge on any atom is -0.466 e. The Hall–Kier alpha value is -1.88. The molecule has 5 nitrogen and oxygen atoms in total. The Kier molecular flexibility index (Phi) is 6.59. The number of piperidine rings is 1. The zero-order valence-corrected chi connectivity index (χ0v) is 15.9. The summed E-state index contributed by atoms with van der Waals surface area (Å²) in [4.78, 5) is 25.2. The van der Waals surface area contributed by atoms with Gasteiger partial charge < -0.3 is 15.0 Å². The molecule has 0 aliphatic carbocycles. The van der Waals surface area contributed by atoms with Gasteiger partial charge in [-0.3, -0.25) is 9.59 Å². The van der Waals surface area contributed by atoms with Crippen LogP contribution in [-0.2, 0) is 19.7 Å². The van der Waals surface area contributed by atoms with Crippen molar-refractivity contribution in [2.75, 3.05) is 31.6 Å². The van der Waals surface area contributed by atoms with E-state index in [1.807, 2.05) is 19.1 Å². The van der Waals surface area contributed by atoms with Crippen LogP contribution in [0.5, 0.6) is 0 Å². The quantitative estimate of drug-likeness (QED) is 0.798. The molecule has 1 aromatic rings. The molecule has 25 heavy (non-hydrogen) atoms. The summed E-state index contributed by atoms with van der Waals surface area (Å²) in [6, 6.07) is 8.04. The van der Waals surface area contributed by atoms with E-state index in [0.29, 0.717) is 13.2 Å². The number of carbonyl (C=O) groups excluding carboxylic acids is 2. The maximum Gasteiger partial charge on any atom is 0.309 e. The van der Waals surface area contributed by atoms with E-state index in [1.165, 1.54) is 10.5 Å². The van der Waals surface area contributed by atoms with E-state index in [1.54, 1.807) is 0 Å². The van der Waals surface area contributed by atoms with E-state index < -0.39 is 0 Å². The molecule has 5 heteroatoms. The summed E-state index contributed by atoms with van der Waals surface area (Å²) in [5.41, 5.74) is 2.19. The van der Waals surface area contributed by atoms with Crippen molar-refractivity contribution in [3.8, 4) is 0 Å². The van der Waals surface area contributed by atoms with Gasteiger partial charge in [-0.2, -0.15) is 0 Å². The summed E-state index contributed by atoms with van der Waals surface area (Å²) in [6.07, 6.45) is 1.59. The third kappa shape index (κ3) is 5.85. The predicted molar refractivity (Wildman–Crippen MR) is 98.7 cm³/mol. The number of likely N-dealkylation sites (tertiary alicyclic amines) is 1. The number of hydrogen-bond acceptors (Lipinski definition) is 3. The number of rotatable bonds is 5. The number of ether oxygens (including phenoxy) is 1. The second kappa shape index (κ2) is 8.48. The van der Waals surface area contributed by atoms with Crippen LogP contribution in [0.1, 0.15) is 46.1 Å². The second-order valence-corrected chi connectivity index (χ2v) is 7.83. The average molecular weight is 347 g/mol. The highest BCUT2D eigenvalue weighted by atomic mass is 16.5. The molecule has 0 atom stereocenters. The summed E-state index contributed by atoms with van der Waals surface area (Å²) in [5, 5.41) is 2.97. The van der Waals surface area contributed by atoms with Gasteiger partial charge in [0.2, 0.25) is 0 Å². The molecule has 1 aliphatic heterocycles. The van der Waals surface area contributed by atoms with Crippen LogP contribution in [0.2, 0.25) is 0 Å².